The van der Waals surface area contributed by atoms with Crippen molar-refractivity contribution in [1.82, 2.24) is 20.4 Å². The lowest BCUT2D eigenvalue weighted by Gasteiger charge is -2.22. The van der Waals surface area contributed by atoms with E-state index in [1.54, 1.807) is 10.9 Å². The minimum atomic E-state index is -0.0368. The van der Waals surface area contributed by atoms with Crippen LogP contribution in [-0.2, 0) is 0 Å². The summed E-state index contributed by atoms with van der Waals surface area (Å²) >= 11 is 0. The fourth-order valence-corrected chi connectivity index (χ4v) is 2.83. The predicted octanol–water partition coefficient (Wildman–Crippen LogP) is 2.33. The summed E-state index contributed by atoms with van der Waals surface area (Å²) in [5, 5.41) is 10.8. The third kappa shape index (κ3) is 4.33. The van der Waals surface area contributed by atoms with Gasteiger partial charge < -0.3 is 10.6 Å². The zero-order valence-electron chi connectivity index (χ0n) is 13.3. The Labute approximate surface area is 142 Å². The molecule has 1 aromatic heterocycles. The topological polar surface area (TPSA) is 59.0 Å². The van der Waals surface area contributed by atoms with Gasteiger partial charge in [0.2, 0.25) is 0 Å². The van der Waals surface area contributed by atoms with E-state index in [0.29, 0.717) is 11.5 Å². The van der Waals surface area contributed by atoms with Crippen LogP contribution >= 0.6 is 12.4 Å². The van der Waals surface area contributed by atoms with Gasteiger partial charge in [0, 0.05) is 12.7 Å². The molecule has 0 aliphatic carbocycles. The molecule has 2 heterocycles. The van der Waals surface area contributed by atoms with Gasteiger partial charge in [-0.25, -0.2) is 4.68 Å². The fraction of sp³-hybridized carbons (Fsp3) is 0.412. The standard InChI is InChI=1S/C17H22N4O.ClH/c1-13-16(12-21(20-13)15-7-3-2-4-8-15)17(22)19-11-14-6-5-9-18-10-14;/h2-4,7-8,12,14,18H,5-6,9-11H2,1H3,(H,19,22);1H. The van der Waals surface area contributed by atoms with Crippen molar-refractivity contribution in [3.8, 4) is 5.69 Å². The van der Waals surface area contributed by atoms with Gasteiger partial charge in [-0.15, -0.1) is 12.4 Å². The van der Waals surface area contributed by atoms with E-state index in [9.17, 15) is 4.79 Å². The maximum absolute atomic E-state index is 12.4. The van der Waals surface area contributed by atoms with E-state index in [1.165, 1.54) is 12.8 Å². The van der Waals surface area contributed by atoms with Crippen molar-refractivity contribution < 1.29 is 4.79 Å². The largest absolute Gasteiger partial charge is 0.352 e. The summed E-state index contributed by atoms with van der Waals surface area (Å²) in [6.45, 7) is 4.67. The molecular formula is C17H23ClN4O. The van der Waals surface area contributed by atoms with Gasteiger partial charge in [-0.1, -0.05) is 18.2 Å². The SMILES string of the molecule is Cc1nn(-c2ccccc2)cc1C(=O)NCC1CCCNC1.Cl. The molecule has 1 aliphatic rings. The van der Waals surface area contributed by atoms with Crippen molar-refractivity contribution in [3.63, 3.8) is 0 Å². The first kappa shape index (κ1) is 17.5. The average molecular weight is 335 g/mol. The molecule has 6 heteroatoms. The molecule has 1 aromatic carbocycles. The Bertz CT molecular complexity index is 635. The third-order valence-electron chi connectivity index (χ3n) is 4.11. The van der Waals surface area contributed by atoms with E-state index in [-0.39, 0.29) is 18.3 Å². The van der Waals surface area contributed by atoms with Crippen molar-refractivity contribution >= 4 is 18.3 Å². The molecule has 124 valence electrons. The second kappa shape index (κ2) is 8.13. The van der Waals surface area contributed by atoms with Crippen molar-refractivity contribution in [2.24, 2.45) is 5.92 Å². The van der Waals surface area contributed by atoms with Gasteiger partial charge in [0.1, 0.15) is 0 Å². The van der Waals surface area contributed by atoms with Crippen LogP contribution < -0.4 is 10.6 Å². The summed E-state index contributed by atoms with van der Waals surface area (Å²) in [7, 11) is 0. The van der Waals surface area contributed by atoms with Gasteiger partial charge >= 0.3 is 0 Å². The quantitative estimate of drug-likeness (QED) is 0.902. The van der Waals surface area contributed by atoms with E-state index in [2.05, 4.69) is 15.7 Å². The molecule has 0 spiro atoms. The number of carbonyl (C=O) groups is 1. The Balaban J connectivity index is 0.00000192. The Kier molecular flexibility index (Phi) is 6.19. The van der Waals surface area contributed by atoms with Gasteiger partial charge in [-0.3, -0.25) is 4.79 Å². The molecule has 2 aromatic rings. The number of hydrogen-bond acceptors (Lipinski definition) is 3. The van der Waals surface area contributed by atoms with Gasteiger partial charge in [-0.2, -0.15) is 5.10 Å². The molecule has 0 radical (unpaired) electrons. The van der Waals surface area contributed by atoms with Crippen molar-refractivity contribution in [3.05, 3.63) is 47.8 Å². The number of hydrogen-bond donors (Lipinski definition) is 2. The van der Waals surface area contributed by atoms with Crippen LogP contribution in [0.25, 0.3) is 5.69 Å². The molecule has 23 heavy (non-hydrogen) atoms. The molecule has 1 saturated heterocycles. The number of nitrogens with one attached hydrogen (secondary N) is 2. The molecule has 1 unspecified atom stereocenters. The van der Waals surface area contributed by atoms with Crippen molar-refractivity contribution in [2.75, 3.05) is 19.6 Å². The van der Waals surface area contributed by atoms with Crippen LogP contribution in [0.3, 0.4) is 0 Å². The number of carbonyl (C=O) groups excluding carboxylic acids is 1. The monoisotopic (exact) mass is 334 g/mol. The molecule has 1 atom stereocenters. The molecule has 5 nitrogen and oxygen atoms in total. The highest BCUT2D eigenvalue weighted by molar-refractivity contribution is 5.95. The number of amides is 1. The van der Waals surface area contributed by atoms with Crippen molar-refractivity contribution in [1.29, 1.82) is 0 Å². The van der Waals surface area contributed by atoms with Crippen LogP contribution in [0, 0.1) is 12.8 Å². The van der Waals surface area contributed by atoms with Crippen LogP contribution in [0.2, 0.25) is 0 Å². The first-order valence-electron chi connectivity index (χ1n) is 7.84. The highest BCUT2D eigenvalue weighted by atomic mass is 35.5. The highest BCUT2D eigenvalue weighted by Gasteiger charge is 2.17. The molecule has 0 bridgehead atoms. The Hall–Kier alpha value is -1.85. The van der Waals surface area contributed by atoms with Crippen LogP contribution in [0.15, 0.2) is 36.5 Å². The van der Waals surface area contributed by atoms with Gasteiger partial charge in [0.15, 0.2) is 0 Å². The van der Waals surface area contributed by atoms with Crippen LogP contribution in [0.5, 0.6) is 0 Å². The summed E-state index contributed by atoms with van der Waals surface area (Å²) in [5.74, 6) is 0.493. The maximum atomic E-state index is 12.4. The normalized spacial score (nSPS) is 17.3. The van der Waals surface area contributed by atoms with E-state index >= 15 is 0 Å². The van der Waals surface area contributed by atoms with Gasteiger partial charge in [0.25, 0.3) is 5.91 Å². The minimum absolute atomic E-state index is 0. The summed E-state index contributed by atoms with van der Waals surface area (Å²) < 4.78 is 1.76. The molecule has 0 saturated carbocycles. The molecule has 1 fully saturated rings. The number of para-hydroxylation sites is 1. The molecule has 2 N–H and O–H groups in total. The molecule has 1 amide bonds. The summed E-state index contributed by atoms with van der Waals surface area (Å²) in [4.78, 5) is 12.4. The number of rotatable bonds is 4. The molecule has 1 aliphatic heterocycles. The predicted molar refractivity (Wildman–Crippen MR) is 93.5 cm³/mol. The van der Waals surface area contributed by atoms with E-state index in [4.69, 9.17) is 0 Å². The Morgan fingerprint density at radius 3 is 2.87 bits per heavy atom. The zero-order valence-corrected chi connectivity index (χ0v) is 14.1. The van der Waals surface area contributed by atoms with Crippen LogP contribution in [0.1, 0.15) is 28.9 Å². The lowest BCUT2D eigenvalue weighted by molar-refractivity contribution is 0.0944. The number of piperidine rings is 1. The number of aromatic nitrogens is 2. The second-order valence-electron chi connectivity index (χ2n) is 5.83. The van der Waals surface area contributed by atoms with E-state index < -0.39 is 0 Å². The number of halogens is 1. The molecular weight excluding hydrogens is 312 g/mol. The van der Waals surface area contributed by atoms with E-state index in [0.717, 1.165) is 31.0 Å². The summed E-state index contributed by atoms with van der Waals surface area (Å²) in [6.07, 6.45) is 4.17. The number of nitrogens with zero attached hydrogens (tertiary/aromatic N) is 2. The summed E-state index contributed by atoms with van der Waals surface area (Å²) in [6, 6.07) is 9.83. The minimum Gasteiger partial charge on any atom is -0.352 e. The maximum Gasteiger partial charge on any atom is 0.254 e. The fourth-order valence-electron chi connectivity index (χ4n) is 2.83. The highest BCUT2D eigenvalue weighted by Crippen LogP contribution is 2.13. The van der Waals surface area contributed by atoms with Gasteiger partial charge in [0.05, 0.1) is 16.9 Å². The van der Waals surface area contributed by atoms with E-state index in [1.807, 2.05) is 37.3 Å². The third-order valence-corrected chi connectivity index (χ3v) is 4.11. The summed E-state index contributed by atoms with van der Waals surface area (Å²) in [5.41, 5.74) is 2.36. The van der Waals surface area contributed by atoms with Crippen LogP contribution in [-0.4, -0.2) is 35.3 Å². The lowest BCUT2D eigenvalue weighted by atomic mass is 10.00. The lowest BCUT2D eigenvalue weighted by Crippen LogP contribution is -2.38. The van der Waals surface area contributed by atoms with Crippen LogP contribution in [0.4, 0.5) is 0 Å². The first-order valence-corrected chi connectivity index (χ1v) is 7.84. The zero-order chi connectivity index (χ0) is 15.4. The Morgan fingerprint density at radius 2 is 2.17 bits per heavy atom. The smallest absolute Gasteiger partial charge is 0.254 e. The van der Waals surface area contributed by atoms with Crippen molar-refractivity contribution in [2.45, 2.75) is 19.8 Å². The second-order valence-corrected chi connectivity index (χ2v) is 5.83. The first-order chi connectivity index (χ1) is 10.7. The number of aryl methyl sites for hydroxylation is 1. The Morgan fingerprint density at radius 1 is 1.39 bits per heavy atom. The number of benzene rings is 1. The average Bonchev–Trinajstić information content (AvgIpc) is 2.96. The molecule has 3 rings (SSSR count). The van der Waals surface area contributed by atoms with Gasteiger partial charge in [-0.05, 0) is 50.9 Å².